The van der Waals surface area contributed by atoms with E-state index < -0.39 is 29.7 Å². The van der Waals surface area contributed by atoms with Gasteiger partial charge >= 0.3 is 12.2 Å². The minimum Gasteiger partial charge on any atom is -0.494 e. The molecule has 0 saturated heterocycles. The highest BCUT2D eigenvalue weighted by Crippen LogP contribution is 2.15. The van der Waals surface area contributed by atoms with Crippen LogP contribution in [0.2, 0.25) is 0 Å². The molecule has 9 nitrogen and oxygen atoms in total. The largest absolute Gasteiger partial charge is 0.494 e. The maximum atomic E-state index is 11.9. The van der Waals surface area contributed by atoms with Crippen LogP contribution in [0.5, 0.6) is 5.75 Å². The Kier molecular flexibility index (Phi) is 11.6. The number of carbonyl (C=O) groups excluding carboxylic acids is 3. The number of nitrogens with one attached hydrogen (secondary N) is 2. The maximum Gasteiger partial charge on any atom is 0.408 e. The average Bonchev–Trinajstić information content (AvgIpc) is 2.82. The number of rotatable bonds is 13. The van der Waals surface area contributed by atoms with E-state index in [1.54, 1.807) is 20.8 Å². The van der Waals surface area contributed by atoms with Crippen molar-refractivity contribution in [1.82, 2.24) is 10.6 Å². The van der Waals surface area contributed by atoms with Crippen LogP contribution in [0.25, 0.3) is 0 Å². The molecule has 9 heteroatoms. The molecule has 0 aromatic heterocycles. The molecule has 196 valence electrons. The molecule has 0 fully saturated rings. The van der Waals surface area contributed by atoms with Gasteiger partial charge < -0.3 is 30.6 Å². The van der Waals surface area contributed by atoms with Crippen LogP contribution in [0.15, 0.2) is 54.6 Å². The third-order valence-corrected chi connectivity index (χ3v) is 5.01. The number of benzene rings is 2. The normalized spacial score (nSPS) is 11.8. The number of amides is 3. The first-order valence-electron chi connectivity index (χ1n) is 12.1. The second kappa shape index (κ2) is 14.6. The number of carbonyl (C=O) groups is 3. The van der Waals surface area contributed by atoms with Crippen molar-refractivity contribution in [1.29, 1.82) is 0 Å². The van der Waals surface area contributed by atoms with Gasteiger partial charge in [-0.25, -0.2) is 9.59 Å². The quantitative estimate of drug-likeness (QED) is 0.356. The van der Waals surface area contributed by atoms with Crippen molar-refractivity contribution in [3.05, 3.63) is 65.7 Å². The zero-order valence-electron chi connectivity index (χ0n) is 21.3. The molecule has 1 atom stereocenters. The summed E-state index contributed by atoms with van der Waals surface area (Å²) in [5.74, 6) is 0.000760. The van der Waals surface area contributed by atoms with Crippen LogP contribution in [-0.4, -0.2) is 42.9 Å². The summed E-state index contributed by atoms with van der Waals surface area (Å²) >= 11 is 0. The molecular formula is C27H37N3O6. The molecule has 0 spiro atoms. The highest BCUT2D eigenvalue weighted by molar-refractivity contribution is 5.84. The second-order valence-corrected chi connectivity index (χ2v) is 9.33. The van der Waals surface area contributed by atoms with Crippen LogP contribution in [0.3, 0.4) is 0 Å². The van der Waals surface area contributed by atoms with Crippen LogP contribution in [0, 0.1) is 0 Å². The number of hydrogen-bond acceptors (Lipinski definition) is 6. The minimum absolute atomic E-state index is 0.203. The number of hydrogen-bond donors (Lipinski definition) is 3. The average molecular weight is 500 g/mol. The van der Waals surface area contributed by atoms with Crippen molar-refractivity contribution in [2.24, 2.45) is 5.73 Å². The zero-order chi connectivity index (χ0) is 26.4. The van der Waals surface area contributed by atoms with E-state index in [2.05, 4.69) is 10.6 Å². The lowest BCUT2D eigenvalue weighted by Crippen LogP contribution is -2.47. The van der Waals surface area contributed by atoms with Crippen molar-refractivity contribution in [3.8, 4) is 5.75 Å². The molecule has 2 rings (SSSR count). The smallest absolute Gasteiger partial charge is 0.408 e. The molecule has 3 amide bonds. The summed E-state index contributed by atoms with van der Waals surface area (Å²) in [6.07, 6.45) is 1.71. The van der Waals surface area contributed by atoms with E-state index in [9.17, 15) is 14.4 Å². The third-order valence-electron chi connectivity index (χ3n) is 5.01. The Morgan fingerprint density at radius 1 is 0.917 bits per heavy atom. The fourth-order valence-corrected chi connectivity index (χ4v) is 3.20. The first kappa shape index (κ1) is 28.5. The van der Waals surface area contributed by atoms with E-state index in [0.717, 1.165) is 30.4 Å². The number of primary amides is 1. The van der Waals surface area contributed by atoms with Crippen molar-refractivity contribution in [2.45, 2.75) is 64.7 Å². The topological polar surface area (TPSA) is 129 Å². The molecule has 2 aromatic carbocycles. The van der Waals surface area contributed by atoms with Gasteiger partial charge in [0.15, 0.2) is 0 Å². The molecule has 0 aliphatic carbocycles. The number of ether oxygens (including phenoxy) is 3. The number of alkyl carbamates (subject to hydrolysis) is 2. The highest BCUT2D eigenvalue weighted by atomic mass is 16.6. The Balaban J connectivity index is 1.61. The molecule has 36 heavy (non-hydrogen) atoms. The van der Waals surface area contributed by atoms with Crippen LogP contribution in [0.1, 0.15) is 51.2 Å². The van der Waals surface area contributed by atoms with E-state index in [4.69, 9.17) is 19.9 Å². The van der Waals surface area contributed by atoms with Crippen LogP contribution in [-0.2, 0) is 27.3 Å². The highest BCUT2D eigenvalue weighted by Gasteiger charge is 2.22. The molecule has 1 unspecified atom stereocenters. The minimum atomic E-state index is -0.886. The molecule has 0 radical (unpaired) electrons. The third kappa shape index (κ3) is 12.1. The molecule has 0 heterocycles. The Morgan fingerprint density at radius 2 is 1.61 bits per heavy atom. The van der Waals surface area contributed by atoms with Gasteiger partial charge in [-0.1, -0.05) is 42.5 Å². The van der Waals surface area contributed by atoms with E-state index in [0.29, 0.717) is 12.3 Å². The first-order valence-corrected chi connectivity index (χ1v) is 12.1. The second-order valence-electron chi connectivity index (χ2n) is 9.33. The van der Waals surface area contributed by atoms with Crippen LogP contribution < -0.4 is 21.1 Å². The van der Waals surface area contributed by atoms with Gasteiger partial charge in [0.1, 0.15) is 24.0 Å². The van der Waals surface area contributed by atoms with Gasteiger partial charge in [0.05, 0.1) is 6.61 Å². The Bertz CT molecular complexity index is 958. The maximum absolute atomic E-state index is 11.9. The van der Waals surface area contributed by atoms with Gasteiger partial charge in [-0.15, -0.1) is 0 Å². The summed E-state index contributed by atoms with van der Waals surface area (Å²) < 4.78 is 16.0. The lowest BCUT2D eigenvalue weighted by molar-refractivity contribution is -0.120. The van der Waals surface area contributed by atoms with E-state index in [-0.39, 0.29) is 19.6 Å². The fourth-order valence-electron chi connectivity index (χ4n) is 3.20. The van der Waals surface area contributed by atoms with Crippen molar-refractivity contribution in [2.75, 3.05) is 13.2 Å². The Hall–Kier alpha value is -3.75. The summed E-state index contributed by atoms with van der Waals surface area (Å²) in [6.45, 7) is 6.21. The zero-order valence-corrected chi connectivity index (χ0v) is 21.3. The SMILES string of the molecule is CC(C)(C)OC(=O)NC(CCOc1ccc(CCCCNC(=O)OCc2ccccc2)cc1)C(N)=O. The van der Waals surface area contributed by atoms with Crippen molar-refractivity contribution >= 4 is 18.1 Å². The Morgan fingerprint density at radius 3 is 2.25 bits per heavy atom. The van der Waals surface area contributed by atoms with Gasteiger partial charge in [-0.05, 0) is 63.3 Å². The summed E-state index contributed by atoms with van der Waals surface area (Å²) in [7, 11) is 0. The van der Waals surface area contributed by atoms with Gasteiger partial charge in [-0.3, -0.25) is 4.79 Å². The van der Waals surface area contributed by atoms with Gasteiger partial charge in [-0.2, -0.15) is 0 Å². The van der Waals surface area contributed by atoms with Crippen LogP contribution >= 0.6 is 0 Å². The standard InChI is InChI=1S/C27H37N3O6/c1-27(2,3)36-26(33)30-23(24(28)31)16-18-34-22-14-12-20(13-15-22)9-7-8-17-29-25(32)35-19-21-10-5-4-6-11-21/h4-6,10-15,23H,7-9,16-19H2,1-3H3,(H2,28,31)(H,29,32)(H,30,33). The van der Waals surface area contributed by atoms with Gasteiger partial charge in [0.25, 0.3) is 0 Å². The number of aryl methyl sites for hydroxylation is 1. The number of unbranched alkanes of at least 4 members (excludes halogenated alkanes) is 1. The van der Waals surface area contributed by atoms with Gasteiger partial charge in [0, 0.05) is 13.0 Å². The molecule has 0 aliphatic heterocycles. The Labute approximate surface area is 212 Å². The van der Waals surface area contributed by atoms with Crippen molar-refractivity contribution < 1.29 is 28.6 Å². The molecule has 4 N–H and O–H groups in total. The molecule has 0 bridgehead atoms. The molecule has 0 aliphatic rings. The fraction of sp³-hybridized carbons (Fsp3) is 0.444. The summed E-state index contributed by atoms with van der Waals surface area (Å²) in [5, 5.41) is 5.24. The van der Waals surface area contributed by atoms with E-state index >= 15 is 0 Å². The summed E-state index contributed by atoms with van der Waals surface area (Å²) in [6, 6.07) is 16.3. The van der Waals surface area contributed by atoms with Crippen molar-refractivity contribution in [3.63, 3.8) is 0 Å². The van der Waals surface area contributed by atoms with E-state index in [1.807, 2.05) is 54.6 Å². The number of nitrogens with two attached hydrogens (primary N) is 1. The van der Waals surface area contributed by atoms with Gasteiger partial charge in [0.2, 0.25) is 5.91 Å². The lowest BCUT2D eigenvalue weighted by atomic mass is 10.1. The van der Waals surface area contributed by atoms with E-state index in [1.165, 1.54) is 0 Å². The molecule has 2 aromatic rings. The lowest BCUT2D eigenvalue weighted by Gasteiger charge is -2.22. The summed E-state index contributed by atoms with van der Waals surface area (Å²) in [4.78, 5) is 35.3. The monoisotopic (exact) mass is 499 g/mol. The predicted molar refractivity (Wildman–Crippen MR) is 136 cm³/mol. The predicted octanol–water partition coefficient (Wildman–Crippen LogP) is 4.08. The molecule has 0 saturated carbocycles. The van der Waals surface area contributed by atoms with Crippen LogP contribution in [0.4, 0.5) is 9.59 Å². The first-order chi connectivity index (χ1) is 17.1. The molecular weight excluding hydrogens is 462 g/mol. The summed E-state index contributed by atoms with van der Waals surface area (Å²) in [5.41, 5.74) is 6.80.